The Bertz CT molecular complexity index is 705. The van der Waals surface area contributed by atoms with Crippen LogP contribution in [-0.2, 0) is 0 Å². The number of aliphatic hydroxyl groups is 1. The first-order chi connectivity index (χ1) is 11.3. The number of piperidine rings is 1. The summed E-state index contributed by atoms with van der Waals surface area (Å²) in [6.45, 7) is 3.00. The van der Waals surface area contributed by atoms with Crippen LogP contribution in [0.15, 0.2) is 36.5 Å². The molecule has 2 aliphatic heterocycles. The molecule has 3 atom stereocenters. The Morgan fingerprint density at radius 1 is 1.26 bits per heavy atom. The second-order valence-corrected chi connectivity index (χ2v) is 6.54. The summed E-state index contributed by atoms with van der Waals surface area (Å²) in [6.07, 6.45) is 4.24. The molecule has 0 saturated carbocycles. The van der Waals surface area contributed by atoms with Crippen molar-refractivity contribution in [2.24, 2.45) is 0 Å². The lowest BCUT2D eigenvalue weighted by molar-refractivity contribution is 0.281. The Balaban J connectivity index is 1.64. The zero-order valence-electron chi connectivity index (χ0n) is 13.3. The van der Waals surface area contributed by atoms with E-state index in [-0.39, 0.29) is 12.6 Å². The van der Waals surface area contributed by atoms with Gasteiger partial charge in [-0.3, -0.25) is 0 Å². The van der Waals surface area contributed by atoms with Crippen LogP contribution < -0.4 is 10.2 Å². The van der Waals surface area contributed by atoms with Crippen molar-refractivity contribution in [2.75, 3.05) is 23.4 Å². The standard InChI is InChI=1S/C18H22N4O/c1-12(11-23)20-18-19-9-8-17(21-18)22-10-13-6-7-16(22)15-5-3-2-4-14(13)15/h2-5,8-9,12-13,16,23H,6-7,10-11H2,1H3,(H,19,20,21)/t12-,13+,16-/m0/s1. The highest BCUT2D eigenvalue weighted by Gasteiger charge is 2.38. The van der Waals surface area contributed by atoms with Gasteiger partial charge in [0.1, 0.15) is 5.82 Å². The molecular formula is C18H22N4O. The number of fused-ring (bicyclic) bond motifs is 2. The molecule has 0 spiro atoms. The van der Waals surface area contributed by atoms with Gasteiger partial charge in [0.25, 0.3) is 0 Å². The van der Waals surface area contributed by atoms with E-state index in [1.807, 2.05) is 13.0 Å². The van der Waals surface area contributed by atoms with Crippen LogP contribution in [0, 0.1) is 0 Å². The Morgan fingerprint density at radius 2 is 2.09 bits per heavy atom. The number of benzene rings is 1. The number of rotatable bonds is 4. The maximum absolute atomic E-state index is 9.18. The van der Waals surface area contributed by atoms with Crippen molar-refractivity contribution in [3.63, 3.8) is 0 Å². The number of nitrogens with zero attached hydrogens (tertiary/aromatic N) is 3. The van der Waals surface area contributed by atoms with Crippen LogP contribution in [0.1, 0.15) is 42.9 Å². The molecule has 0 radical (unpaired) electrons. The second kappa shape index (κ2) is 5.81. The monoisotopic (exact) mass is 310 g/mol. The Labute approximate surface area is 136 Å². The fourth-order valence-corrected chi connectivity index (χ4v) is 3.83. The largest absolute Gasteiger partial charge is 0.394 e. The van der Waals surface area contributed by atoms with E-state index in [1.54, 1.807) is 6.20 Å². The predicted octanol–water partition coefficient (Wildman–Crippen LogP) is 2.71. The zero-order chi connectivity index (χ0) is 15.8. The molecule has 1 saturated heterocycles. The summed E-state index contributed by atoms with van der Waals surface area (Å²) in [5.74, 6) is 2.15. The van der Waals surface area contributed by atoms with E-state index in [4.69, 9.17) is 0 Å². The van der Waals surface area contributed by atoms with E-state index in [0.717, 1.165) is 12.4 Å². The maximum atomic E-state index is 9.18. The van der Waals surface area contributed by atoms with Crippen LogP contribution in [0.5, 0.6) is 0 Å². The lowest BCUT2D eigenvalue weighted by Crippen LogP contribution is -2.43. The van der Waals surface area contributed by atoms with E-state index in [1.165, 1.54) is 24.0 Å². The van der Waals surface area contributed by atoms with Crippen LogP contribution in [0.25, 0.3) is 0 Å². The van der Waals surface area contributed by atoms with Crippen LogP contribution in [-0.4, -0.2) is 34.3 Å². The fourth-order valence-electron chi connectivity index (χ4n) is 3.83. The van der Waals surface area contributed by atoms with Crippen molar-refractivity contribution in [3.8, 4) is 0 Å². The number of nitrogens with one attached hydrogen (secondary N) is 1. The van der Waals surface area contributed by atoms with Crippen LogP contribution in [0.2, 0.25) is 0 Å². The molecule has 1 fully saturated rings. The lowest BCUT2D eigenvalue weighted by Gasteiger charge is -2.47. The van der Waals surface area contributed by atoms with E-state index in [0.29, 0.717) is 17.9 Å². The van der Waals surface area contributed by atoms with Gasteiger partial charge >= 0.3 is 0 Å². The fraction of sp³-hybridized carbons (Fsp3) is 0.444. The summed E-state index contributed by atoms with van der Waals surface area (Å²) >= 11 is 0. The average Bonchev–Trinajstić information content (AvgIpc) is 2.62. The summed E-state index contributed by atoms with van der Waals surface area (Å²) in [4.78, 5) is 11.3. The first-order valence-electron chi connectivity index (χ1n) is 8.32. The van der Waals surface area contributed by atoms with Crippen LogP contribution >= 0.6 is 0 Å². The molecule has 0 amide bonds. The van der Waals surface area contributed by atoms with E-state index >= 15 is 0 Å². The summed E-state index contributed by atoms with van der Waals surface area (Å²) in [6, 6.07) is 11.2. The molecule has 1 aromatic heterocycles. The van der Waals surface area contributed by atoms with Crippen molar-refractivity contribution < 1.29 is 5.11 Å². The first kappa shape index (κ1) is 14.5. The summed E-state index contributed by atoms with van der Waals surface area (Å²) in [7, 11) is 0. The van der Waals surface area contributed by atoms with Crippen LogP contribution in [0.3, 0.4) is 0 Å². The molecule has 23 heavy (non-hydrogen) atoms. The van der Waals surface area contributed by atoms with Gasteiger partial charge in [-0.1, -0.05) is 24.3 Å². The number of aliphatic hydroxyl groups excluding tert-OH is 1. The Morgan fingerprint density at radius 3 is 2.91 bits per heavy atom. The summed E-state index contributed by atoms with van der Waals surface area (Å²) in [5.41, 5.74) is 2.97. The summed E-state index contributed by atoms with van der Waals surface area (Å²) < 4.78 is 0. The quantitative estimate of drug-likeness (QED) is 0.909. The normalized spacial score (nSPS) is 23.5. The smallest absolute Gasteiger partial charge is 0.224 e. The van der Waals surface area contributed by atoms with Gasteiger partial charge in [-0.05, 0) is 37.0 Å². The molecule has 5 heteroatoms. The van der Waals surface area contributed by atoms with Crippen molar-refractivity contribution in [1.82, 2.24) is 9.97 Å². The highest BCUT2D eigenvalue weighted by Crippen LogP contribution is 2.47. The molecule has 2 N–H and O–H groups in total. The highest BCUT2D eigenvalue weighted by molar-refractivity contribution is 5.52. The molecule has 2 aromatic rings. The van der Waals surface area contributed by atoms with Crippen molar-refractivity contribution in [1.29, 1.82) is 0 Å². The van der Waals surface area contributed by atoms with Gasteiger partial charge in [-0.15, -0.1) is 0 Å². The van der Waals surface area contributed by atoms with Gasteiger partial charge in [0.2, 0.25) is 5.95 Å². The second-order valence-electron chi connectivity index (χ2n) is 6.54. The zero-order valence-corrected chi connectivity index (χ0v) is 13.3. The van der Waals surface area contributed by atoms with Gasteiger partial charge in [-0.2, -0.15) is 4.98 Å². The third-order valence-electron chi connectivity index (χ3n) is 4.96. The van der Waals surface area contributed by atoms with Gasteiger partial charge in [0, 0.05) is 24.7 Å². The average molecular weight is 310 g/mol. The van der Waals surface area contributed by atoms with Crippen LogP contribution in [0.4, 0.5) is 11.8 Å². The van der Waals surface area contributed by atoms with Gasteiger partial charge in [-0.25, -0.2) is 4.98 Å². The Hall–Kier alpha value is -2.14. The molecule has 0 unspecified atom stereocenters. The van der Waals surface area contributed by atoms with E-state index in [9.17, 15) is 5.11 Å². The highest BCUT2D eigenvalue weighted by atomic mass is 16.3. The lowest BCUT2D eigenvalue weighted by atomic mass is 9.75. The molecule has 3 heterocycles. The minimum absolute atomic E-state index is 0.0521. The molecule has 5 rings (SSSR count). The molecule has 5 nitrogen and oxygen atoms in total. The number of hydrogen-bond donors (Lipinski definition) is 2. The number of anilines is 2. The van der Waals surface area contributed by atoms with E-state index in [2.05, 4.69) is 44.5 Å². The third-order valence-corrected chi connectivity index (χ3v) is 4.96. The van der Waals surface area contributed by atoms with Gasteiger partial charge < -0.3 is 15.3 Å². The van der Waals surface area contributed by atoms with E-state index < -0.39 is 0 Å². The topological polar surface area (TPSA) is 61.3 Å². The Kier molecular flexibility index (Phi) is 3.65. The molecule has 120 valence electrons. The minimum Gasteiger partial charge on any atom is -0.394 e. The van der Waals surface area contributed by atoms with Crippen molar-refractivity contribution in [2.45, 2.75) is 37.8 Å². The minimum atomic E-state index is -0.0521. The van der Waals surface area contributed by atoms with Crippen molar-refractivity contribution in [3.05, 3.63) is 47.7 Å². The molecule has 1 aromatic carbocycles. The first-order valence-corrected chi connectivity index (χ1v) is 8.32. The maximum Gasteiger partial charge on any atom is 0.224 e. The van der Waals surface area contributed by atoms with Gasteiger partial charge in [0.05, 0.1) is 12.6 Å². The molecule has 3 aliphatic rings. The summed E-state index contributed by atoms with van der Waals surface area (Å²) in [5, 5.41) is 12.3. The van der Waals surface area contributed by atoms with Crippen molar-refractivity contribution >= 4 is 11.8 Å². The molecular weight excluding hydrogens is 288 g/mol. The van der Waals surface area contributed by atoms with Gasteiger partial charge in [0.15, 0.2) is 0 Å². The predicted molar refractivity (Wildman–Crippen MR) is 90.7 cm³/mol. The third kappa shape index (κ3) is 2.55. The SMILES string of the molecule is C[C@@H](CO)Nc1nccc(N2C[C@H]3CC[C@H]2c2ccccc23)n1. The molecule has 2 bridgehead atoms. The molecule has 1 aliphatic carbocycles. The number of aromatic nitrogens is 2. The number of hydrogen-bond acceptors (Lipinski definition) is 5.